The molecule has 1 atom stereocenters. The molecule has 1 N–H and O–H groups in total. The largest absolute Gasteiger partial charge is 0.298 e. The van der Waals surface area contributed by atoms with Crippen LogP contribution in [0.15, 0.2) is 18.2 Å². The minimum atomic E-state index is -0.382. The van der Waals surface area contributed by atoms with E-state index in [2.05, 4.69) is 25.2 Å². The Morgan fingerprint density at radius 3 is 2.56 bits per heavy atom. The normalized spacial score (nSPS) is 12.5. The minimum absolute atomic E-state index is 0.382. The third-order valence-corrected chi connectivity index (χ3v) is 2.70. The smallest absolute Gasteiger partial charge is 0.122 e. The van der Waals surface area contributed by atoms with E-state index in [-0.39, 0.29) is 6.04 Å². The lowest BCUT2D eigenvalue weighted by Gasteiger charge is -2.15. The zero-order valence-corrected chi connectivity index (χ0v) is 10.8. The van der Waals surface area contributed by atoms with Crippen LogP contribution in [-0.4, -0.2) is 6.54 Å². The van der Waals surface area contributed by atoms with Crippen molar-refractivity contribution < 1.29 is 0 Å². The van der Waals surface area contributed by atoms with Crippen molar-refractivity contribution in [2.24, 2.45) is 5.92 Å². The molecule has 2 nitrogen and oxygen atoms in total. The predicted molar refractivity (Wildman–Crippen MR) is 67.7 cm³/mol. The standard InChI is InChI=1S/C12H14Cl2N2/c1-8(2)7-16-12(6-15)10-4-3-9(13)5-11(10)14/h3-5,8,12,16H,7H2,1-2H3. The summed E-state index contributed by atoms with van der Waals surface area (Å²) in [6, 6.07) is 6.99. The molecular weight excluding hydrogens is 243 g/mol. The predicted octanol–water partition coefficient (Wildman–Crippen LogP) is 3.80. The van der Waals surface area contributed by atoms with Gasteiger partial charge in [0, 0.05) is 15.6 Å². The summed E-state index contributed by atoms with van der Waals surface area (Å²) in [5.74, 6) is 0.488. The highest BCUT2D eigenvalue weighted by Gasteiger charge is 2.13. The number of hydrogen-bond donors (Lipinski definition) is 1. The molecule has 4 heteroatoms. The topological polar surface area (TPSA) is 35.8 Å². The first-order valence-electron chi connectivity index (χ1n) is 5.12. The Labute approximate surface area is 106 Å². The maximum atomic E-state index is 9.08. The van der Waals surface area contributed by atoms with Gasteiger partial charge in [0.2, 0.25) is 0 Å². The van der Waals surface area contributed by atoms with E-state index in [0.29, 0.717) is 16.0 Å². The quantitative estimate of drug-likeness (QED) is 0.890. The third-order valence-electron chi connectivity index (χ3n) is 2.13. The van der Waals surface area contributed by atoms with Crippen molar-refractivity contribution >= 4 is 23.2 Å². The van der Waals surface area contributed by atoms with Gasteiger partial charge in [-0.05, 0) is 24.6 Å². The second-order valence-electron chi connectivity index (χ2n) is 4.03. The van der Waals surface area contributed by atoms with E-state index in [1.54, 1.807) is 18.2 Å². The minimum Gasteiger partial charge on any atom is -0.298 e. The van der Waals surface area contributed by atoms with Gasteiger partial charge in [-0.1, -0.05) is 43.1 Å². The van der Waals surface area contributed by atoms with E-state index < -0.39 is 0 Å². The van der Waals surface area contributed by atoms with Gasteiger partial charge in [0.1, 0.15) is 6.04 Å². The maximum Gasteiger partial charge on any atom is 0.122 e. The summed E-state index contributed by atoms with van der Waals surface area (Å²) in [5.41, 5.74) is 0.772. The van der Waals surface area contributed by atoms with Gasteiger partial charge in [-0.25, -0.2) is 0 Å². The molecule has 0 saturated heterocycles. The van der Waals surface area contributed by atoms with Gasteiger partial charge in [-0.3, -0.25) is 5.32 Å². The second kappa shape index (κ2) is 6.10. The Morgan fingerprint density at radius 2 is 2.06 bits per heavy atom. The van der Waals surface area contributed by atoms with Crippen LogP contribution in [0.25, 0.3) is 0 Å². The van der Waals surface area contributed by atoms with Gasteiger partial charge in [-0.2, -0.15) is 5.26 Å². The van der Waals surface area contributed by atoms with E-state index in [4.69, 9.17) is 28.5 Å². The first-order chi connectivity index (χ1) is 7.54. The van der Waals surface area contributed by atoms with Crippen LogP contribution in [-0.2, 0) is 0 Å². The average Bonchev–Trinajstić information content (AvgIpc) is 2.21. The molecule has 0 spiro atoms. The molecule has 0 aromatic heterocycles. The molecule has 0 amide bonds. The molecule has 86 valence electrons. The number of rotatable bonds is 4. The van der Waals surface area contributed by atoms with Crippen molar-refractivity contribution in [3.05, 3.63) is 33.8 Å². The van der Waals surface area contributed by atoms with Gasteiger partial charge in [0.05, 0.1) is 6.07 Å². The summed E-state index contributed by atoms with van der Waals surface area (Å²) < 4.78 is 0. The summed E-state index contributed by atoms with van der Waals surface area (Å²) in [5, 5.41) is 13.3. The zero-order chi connectivity index (χ0) is 12.1. The molecule has 0 heterocycles. The molecule has 0 aliphatic rings. The Kier molecular flexibility index (Phi) is 5.08. The van der Waals surface area contributed by atoms with Crippen LogP contribution in [0.1, 0.15) is 25.5 Å². The summed E-state index contributed by atoms with van der Waals surface area (Å²) in [7, 11) is 0. The molecule has 0 radical (unpaired) electrons. The number of nitriles is 1. The molecule has 0 aliphatic heterocycles. The van der Waals surface area contributed by atoms with Crippen LogP contribution in [0, 0.1) is 17.2 Å². The van der Waals surface area contributed by atoms with Crippen molar-refractivity contribution in [1.82, 2.24) is 5.32 Å². The highest BCUT2D eigenvalue weighted by atomic mass is 35.5. The Bertz CT molecular complexity index is 396. The van der Waals surface area contributed by atoms with Crippen molar-refractivity contribution in [2.75, 3.05) is 6.54 Å². The van der Waals surface area contributed by atoms with Crippen molar-refractivity contribution in [3.63, 3.8) is 0 Å². The maximum absolute atomic E-state index is 9.08. The van der Waals surface area contributed by atoms with Crippen LogP contribution in [0.4, 0.5) is 0 Å². The molecule has 0 saturated carbocycles. The van der Waals surface area contributed by atoms with Gasteiger partial charge >= 0.3 is 0 Å². The summed E-state index contributed by atoms with van der Waals surface area (Å²) in [6.07, 6.45) is 0. The second-order valence-corrected chi connectivity index (χ2v) is 4.87. The lowest BCUT2D eigenvalue weighted by molar-refractivity contribution is 0.525. The van der Waals surface area contributed by atoms with E-state index >= 15 is 0 Å². The van der Waals surface area contributed by atoms with Gasteiger partial charge in [0.15, 0.2) is 0 Å². The van der Waals surface area contributed by atoms with Crippen LogP contribution < -0.4 is 5.32 Å². The Balaban J connectivity index is 2.84. The van der Waals surface area contributed by atoms with E-state index in [1.165, 1.54) is 0 Å². The fourth-order valence-corrected chi connectivity index (χ4v) is 1.83. The molecule has 0 aliphatic carbocycles. The van der Waals surface area contributed by atoms with E-state index in [1.807, 2.05) is 0 Å². The number of nitrogens with one attached hydrogen (secondary N) is 1. The van der Waals surface area contributed by atoms with Crippen LogP contribution >= 0.6 is 23.2 Å². The fourth-order valence-electron chi connectivity index (χ4n) is 1.31. The molecule has 0 bridgehead atoms. The molecule has 1 rings (SSSR count). The lowest BCUT2D eigenvalue weighted by Crippen LogP contribution is -2.24. The third kappa shape index (κ3) is 3.68. The highest BCUT2D eigenvalue weighted by molar-refractivity contribution is 6.35. The molecule has 0 fully saturated rings. The Morgan fingerprint density at radius 1 is 1.38 bits per heavy atom. The summed E-state index contributed by atoms with van der Waals surface area (Å²) in [6.45, 7) is 4.95. The molecule has 1 unspecified atom stereocenters. The summed E-state index contributed by atoms with van der Waals surface area (Å²) >= 11 is 11.8. The van der Waals surface area contributed by atoms with Crippen molar-refractivity contribution in [3.8, 4) is 6.07 Å². The molecule has 16 heavy (non-hydrogen) atoms. The van der Waals surface area contributed by atoms with Crippen molar-refractivity contribution in [1.29, 1.82) is 5.26 Å². The zero-order valence-electron chi connectivity index (χ0n) is 9.30. The first kappa shape index (κ1) is 13.3. The average molecular weight is 257 g/mol. The SMILES string of the molecule is CC(C)CNC(C#N)c1ccc(Cl)cc1Cl. The lowest BCUT2D eigenvalue weighted by atomic mass is 10.1. The summed E-state index contributed by atoms with van der Waals surface area (Å²) in [4.78, 5) is 0. The highest BCUT2D eigenvalue weighted by Crippen LogP contribution is 2.26. The number of halogens is 2. The first-order valence-corrected chi connectivity index (χ1v) is 5.88. The molecule has 1 aromatic carbocycles. The number of hydrogen-bond acceptors (Lipinski definition) is 2. The van der Waals surface area contributed by atoms with Gasteiger partial charge < -0.3 is 0 Å². The molecular formula is C12H14Cl2N2. The van der Waals surface area contributed by atoms with E-state index in [0.717, 1.165) is 12.1 Å². The number of benzene rings is 1. The van der Waals surface area contributed by atoms with E-state index in [9.17, 15) is 0 Å². The van der Waals surface area contributed by atoms with Crippen molar-refractivity contribution in [2.45, 2.75) is 19.9 Å². The van der Waals surface area contributed by atoms with Gasteiger partial charge in [0.25, 0.3) is 0 Å². The molecule has 1 aromatic rings. The van der Waals surface area contributed by atoms with Crippen LogP contribution in [0.2, 0.25) is 10.0 Å². The fraction of sp³-hybridized carbons (Fsp3) is 0.417. The number of nitrogens with zero attached hydrogens (tertiary/aromatic N) is 1. The van der Waals surface area contributed by atoms with Crippen LogP contribution in [0.3, 0.4) is 0 Å². The monoisotopic (exact) mass is 256 g/mol. The van der Waals surface area contributed by atoms with Crippen LogP contribution in [0.5, 0.6) is 0 Å². The van der Waals surface area contributed by atoms with Gasteiger partial charge in [-0.15, -0.1) is 0 Å². The Hall–Kier alpha value is -0.750.